The molecule has 1 heterocycles. The standard InChI is InChI=1S/C45H42O6/c1-48-43-41(47)42(51-45(36-26-14-5-15-27-36,37-28-16-6-17-29-37)38-30-18-7-19-31-38)40(46)39(50-43)32-49-44(33-20-8-2-9-21-33,34-22-10-3-11-23-34)35-24-12-4-13-25-35/h2-31,39-43,46-47H,32H2,1H3/t39-,40-,41+,42+,43+/m1/s1. The minimum absolute atomic E-state index is 0.0543. The van der Waals surface area contributed by atoms with Crippen molar-refractivity contribution in [3.05, 3.63) is 215 Å². The van der Waals surface area contributed by atoms with Crippen molar-refractivity contribution in [3.8, 4) is 0 Å². The van der Waals surface area contributed by atoms with E-state index < -0.39 is 41.9 Å². The largest absolute Gasteiger partial charge is 0.387 e. The molecule has 1 aliphatic rings. The highest BCUT2D eigenvalue weighted by atomic mass is 16.7. The van der Waals surface area contributed by atoms with E-state index in [0.29, 0.717) is 0 Å². The second-order valence-corrected chi connectivity index (χ2v) is 12.7. The number of hydrogen-bond acceptors (Lipinski definition) is 6. The molecule has 0 unspecified atom stereocenters. The summed E-state index contributed by atoms with van der Waals surface area (Å²) < 4.78 is 26.3. The maximum absolute atomic E-state index is 12.3. The summed E-state index contributed by atoms with van der Waals surface area (Å²) in [6.45, 7) is -0.0543. The summed E-state index contributed by atoms with van der Waals surface area (Å²) in [7, 11) is 1.47. The number of rotatable bonds is 12. The molecule has 0 aliphatic carbocycles. The number of methoxy groups -OCH3 is 1. The zero-order valence-electron chi connectivity index (χ0n) is 28.4. The summed E-state index contributed by atoms with van der Waals surface area (Å²) in [6.07, 6.45) is -5.86. The first-order chi connectivity index (χ1) is 25.1. The lowest BCUT2D eigenvalue weighted by atomic mass is 9.79. The number of hydrogen-bond donors (Lipinski definition) is 2. The van der Waals surface area contributed by atoms with Gasteiger partial charge in [-0.3, -0.25) is 0 Å². The van der Waals surface area contributed by atoms with E-state index in [1.165, 1.54) is 7.11 Å². The van der Waals surface area contributed by atoms with Crippen LogP contribution in [0.25, 0.3) is 0 Å². The molecule has 258 valence electrons. The van der Waals surface area contributed by atoms with Crippen molar-refractivity contribution in [3.63, 3.8) is 0 Å². The average molecular weight is 679 g/mol. The van der Waals surface area contributed by atoms with Crippen LogP contribution < -0.4 is 0 Å². The number of ether oxygens (including phenoxy) is 4. The predicted molar refractivity (Wildman–Crippen MR) is 197 cm³/mol. The molecule has 6 nitrogen and oxygen atoms in total. The van der Waals surface area contributed by atoms with Crippen molar-refractivity contribution in [1.29, 1.82) is 0 Å². The molecule has 0 aromatic heterocycles. The van der Waals surface area contributed by atoms with Crippen molar-refractivity contribution in [1.82, 2.24) is 0 Å². The minimum atomic E-state index is -1.33. The van der Waals surface area contributed by atoms with E-state index in [4.69, 9.17) is 18.9 Å². The van der Waals surface area contributed by atoms with Crippen molar-refractivity contribution in [2.45, 2.75) is 41.9 Å². The summed E-state index contributed by atoms with van der Waals surface area (Å²) in [5.41, 5.74) is 3.01. The Morgan fingerprint density at radius 2 is 0.784 bits per heavy atom. The fourth-order valence-electron chi connectivity index (χ4n) is 7.28. The quantitative estimate of drug-likeness (QED) is 0.131. The van der Waals surface area contributed by atoms with Crippen LogP contribution in [0.5, 0.6) is 0 Å². The molecule has 6 heteroatoms. The van der Waals surface area contributed by atoms with Gasteiger partial charge >= 0.3 is 0 Å². The molecule has 2 N–H and O–H groups in total. The fourth-order valence-corrected chi connectivity index (χ4v) is 7.28. The van der Waals surface area contributed by atoms with E-state index in [-0.39, 0.29) is 6.61 Å². The summed E-state index contributed by atoms with van der Waals surface area (Å²) in [5.74, 6) is 0. The first kappa shape index (κ1) is 34.5. The van der Waals surface area contributed by atoms with E-state index in [9.17, 15) is 10.2 Å². The van der Waals surface area contributed by atoms with Gasteiger partial charge in [-0.05, 0) is 33.4 Å². The van der Waals surface area contributed by atoms with Crippen molar-refractivity contribution >= 4 is 0 Å². The van der Waals surface area contributed by atoms with Gasteiger partial charge in [-0.25, -0.2) is 0 Å². The molecule has 1 saturated heterocycles. The average Bonchev–Trinajstić information content (AvgIpc) is 3.21. The van der Waals surface area contributed by atoms with Gasteiger partial charge in [-0.1, -0.05) is 182 Å². The van der Waals surface area contributed by atoms with Crippen LogP contribution in [-0.4, -0.2) is 54.6 Å². The maximum Gasteiger partial charge on any atom is 0.186 e. The molecule has 0 spiro atoms. The normalized spacial score (nSPS) is 20.9. The van der Waals surface area contributed by atoms with E-state index in [0.717, 1.165) is 33.4 Å². The molecule has 1 aliphatic heterocycles. The topological polar surface area (TPSA) is 77.4 Å². The Kier molecular flexibility index (Phi) is 10.5. The van der Waals surface area contributed by atoms with Gasteiger partial charge in [0.2, 0.25) is 0 Å². The number of benzene rings is 6. The van der Waals surface area contributed by atoms with Gasteiger partial charge in [0, 0.05) is 7.11 Å². The molecule has 0 amide bonds. The van der Waals surface area contributed by atoms with Crippen LogP contribution in [-0.2, 0) is 30.1 Å². The van der Waals surface area contributed by atoms with Gasteiger partial charge in [0.1, 0.15) is 35.6 Å². The highest BCUT2D eigenvalue weighted by molar-refractivity contribution is 5.49. The van der Waals surface area contributed by atoms with Gasteiger partial charge in [0.15, 0.2) is 6.29 Å². The smallest absolute Gasteiger partial charge is 0.186 e. The van der Waals surface area contributed by atoms with Crippen LogP contribution in [0.3, 0.4) is 0 Å². The lowest BCUT2D eigenvalue weighted by molar-refractivity contribution is -0.315. The van der Waals surface area contributed by atoms with E-state index in [1.807, 2.05) is 182 Å². The zero-order chi connectivity index (χ0) is 35.1. The van der Waals surface area contributed by atoms with E-state index in [1.54, 1.807) is 0 Å². The predicted octanol–water partition coefficient (Wildman–Crippen LogP) is 7.47. The first-order valence-corrected chi connectivity index (χ1v) is 17.3. The lowest BCUT2D eigenvalue weighted by Gasteiger charge is -2.47. The SMILES string of the molecule is CO[C@H]1O[C@H](COC(c2ccccc2)(c2ccccc2)c2ccccc2)[C@@H](O)[C@H](OC(c2ccccc2)(c2ccccc2)c2ccccc2)[C@@H]1O. The highest BCUT2D eigenvalue weighted by Gasteiger charge is 2.51. The second-order valence-electron chi connectivity index (χ2n) is 12.7. The Morgan fingerprint density at radius 1 is 0.471 bits per heavy atom. The van der Waals surface area contributed by atoms with E-state index >= 15 is 0 Å². The lowest BCUT2D eigenvalue weighted by Crippen LogP contribution is -2.62. The molecule has 51 heavy (non-hydrogen) atoms. The Bertz CT molecular complexity index is 1730. The third kappa shape index (κ3) is 6.66. The molecule has 7 rings (SSSR count). The third-order valence-corrected chi connectivity index (χ3v) is 9.73. The summed E-state index contributed by atoms with van der Waals surface area (Å²) >= 11 is 0. The fraction of sp³-hybridized carbons (Fsp3) is 0.200. The Morgan fingerprint density at radius 3 is 1.10 bits per heavy atom. The first-order valence-electron chi connectivity index (χ1n) is 17.3. The van der Waals surface area contributed by atoms with Crippen LogP contribution in [0.2, 0.25) is 0 Å². The highest BCUT2D eigenvalue weighted by Crippen LogP contribution is 2.45. The molecule has 1 fully saturated rings. The van der Waals surface area contributed by atoms with Crippen LogP contribution in [0.4, 0.5) is 0 Å². The van der Waals surface area contributed by atoms with Crippen molar-refractivity contribution in [2.75, 3.05) is 13.7 Å². The van der Waals surface area contributed by atoms with Gasteiger partial charge < -0.3 is 29.2 Å². The van der Waals surface area contributed by atoms with Crippen LogP contribution in [0.1, 0.15) is 33.4 Å². The summed E-state index contributed by atoms with van der Waals surface area (Å²) in [5, 5.41) is 24.1. The van der Waals surface area contributed by atoms with Crippen LogP contribution in [0.15, 0.2) is 182 Å². The maximum atomic E-state index is 12.3. The molecule has 5 atom stereocenters. The van der Waals surface area contributed by atoms with Crippen LogP contribution in [0, 0.1) is 0 Å². The number of aliphatic hydroxyl groups is 2. The summed E-state index contributed by atoms with van der Waals surface area (Å²) in [4.78, 5) is 0. The van der Waals surface area contributed by atoms with Crippen molar-refractivity contribution < 1.29 is 29.2 Å². The summed E-state index contributed by atoms with van der Waals surface area (Å²) in [6, 6.07) is 59.7. The van der Waals surface area contributed by atoms with E-state index in [2.05, 4.69) is 0 Å². The molecular formula is C45H42O6. The molecule has 0 saturated carbocycles. The van der Waals surface area contributed by atoms with Gasteiger partial charge in [-0.15, -0.1) is 0 Å². The van der Waals surface area contributed by atoms with Gasteiger partial charge in [0.25, 0.3) is 0 Å². The molecule has 6 aromatic rings. The van der Waals surface area contributed by atoms with Gasteiger partial charge in [-0.2, -0.15) is 0 Å². The second kappa shape index (κ2) is 15.5. The molecule has 0 bridgehead atoms. The Labute approximate surface area is 299 Å². The zero-order valence-corrected chi connectivity index (χ0v) is 28.4. The number of aliphatic hydroxyl groups excluding tert-OH is 2. The molecule has 6 aromatic carbocycles. The monoisotopic (exact) mass is 678 g/mol. The Balaban J connectivity index is 1.31. The van der Waals surface area contributed by atoms with Crippen LogP contribution >= 0.6 is 0 Å². The molecule has 0 radical (unpaired) electrons. The van der Waals surface area contributed by atoms with Gasteiger partial charge in [0.05, 0.1) is 6.61 Å². The molecular weight excluding hydrogens is 636 g/mol. The third-order valence-electron chi connectivity index (χ3n) is 9.73. The Hall–Kier alpha value is -4.92. The minimum Gasteiger partial charge on any atom is -0.387 e. The van der Waals surface area contributed by atoms with Crippen molar-refractivity contribution in [2.24, 2.45) is 0 Å².